The summed E-state index contributed by atoms with van der Waals surface area (Å²) >= 11 is 0. The number of methoxy groups -OCH3 is 1. The normalized spacial score (nSPS) is 25.1. The van der Waals surface area contributed by atoms with Crippen LogP contribution in [0, 0.1) is 5.82 Å². The predicted octanol–water partition coefficient (Wildman–Crippen LogP) is 2.44. The first-order valence-electron chi connectivity index (χ1n) is 6.28. The van der Waals surface area contributed by atoms with Crippen molar-refractivity contribution in [3.63, 3.8) is 0 Å². The molecule has 2 atom stereocenters. The topological polar surface area (TPSA) is 21.7 Å². The van der Waals surface area contributed by atoms with E-state index >= 15 is 0 Å². The molecule has 1 saturated heterocycles. The Morgan fingerprint density at radius 3 is 2.56 bits per heavy atom. The van der Waals surface area contributed by atoms with Crippen LogP contribution in [-0.2, 0) is 11.3 Å². The third-order valence-corrected chi connectivity index (χ3v) is 3.12. The van der Waals surface area contributed by atoms with Crippen molar-refractivity contribution in [1.29, 1.82) is 0 Å². The average Bonchev–Trinajstić information content (AvgIpc) is 2.27. The lowest BCUT2D eigenvalue weighted by Gasteiger charge is -2.35. The molecule has 1 aromatic carbocycles. The van der Waals surface area contributed by atoms with Crippen molar-refractivity contribution in [2.45, 2.75) is 32.6 Å². The molecule has 0 saturated carbocycles. The van der Waals surface area contributed by atoms with Crippen molar-refractivity contribution in [1.82, 2.24) is 4.90 Å². The van der Waals surface area contributed by atoms with Crippen LogP contribution in [0.1, 0.15) is 19.4 Å². The van der Waals surface area contributed by atoms with Gasteiger partial charge in [0.25, 0.3) is 0 Å². The lowest BCUT2D eigenvalue weighted by atomic mass is 10.1. The second-order valence-corrected chi connectivity index (χ2v) is 4.92. The number of nitrogens with zero attached hydrogens (tertiary/aromatic N) is 1. The van der Waals surface area contributed by atoms with E-state index in [9.17, 15) is 4.39 Å². The summed E-state index contributed by atoms with van der Waals surface area (Å²) in [5.41, 5.74) is 0.967. The molecule has 1 aliphatic heterocycles. The van der Waals surface area contributed by atoms with Gasteiger partial charge in [0.1, 0.15) is 0 Å². The molecule has 0 bridgehead atoms. The molecule has 18 heavy (non-hydrogen) atoms. The fourth-order valence-corrected chi connectivity index (χ4v) is 2.48. The minimum absolute atomic E-state index is 0.233. The standard InChI is InChI=1S/C14H20FNO2/c1-10-7-16(8-11(2)18-10)9-12-4-5-14(17-3)13(15)6-12/h4-6,10-11H,7-9H2,1-3H3/t10-,11-/m0/s1. The monoisotopic (exact) mass is 253 g/mol. The number of halogens is 1. The summed E-state index contributed by atoms with van der Waals surface area (Å²) in [4.78, 5) is 2.29. The van der Waals surface area contributed by atoms with Crippen LogP contribution in [0.25, 0.3) is 0 Å². The molecule has 0 N–H and O–H groups in total. The van der Waals surface area contributed by atoms with E-state index < -0.39 is 0 Å². The molecule has 0 aliphatic carbocycles. The molecule has 1 aromatic rings. The minimum atomic E-state index is -0.302. The summed E-state index contributed by atoms with van der Waals surface area (Å²) in [7, 11) is 1.48. The Morgan fingerprint density at radius 1 is 1.33 bits per heavy atom. The van der Waals surface area contributed by atoms with Crippen LogP contribution >= 0.6 is 0 Å². The molecule has 0 radical (unpaired) electrons. The fraction of sp³-hybridized carbons (Fsp3) is 0.571. The number of rotatable bonds is 3. The van der Waals surface area contributed by atoms with Gasteiger partial charge < -0.3 is 9.47 Å². The van der Waals surface area contributed by atoms with E-state index in [-0.39, 0.29) is 18.0 Å². The molecule has 0 unspecified atom stereocenters. The van der Waals surface area contributed by atoms with E-state index in [1.165, 1.54) is 7.11 Å². The molecular weight excluding hydrogens is 233 g/mol. The molecule has 4 heteroatoms. The van der Waals surface area contributed by atoms with Crippen molar-refractivity contribution in [2.24, 2.45) is 0 Å². The molecule has 0 amide bonds. The van der Waals surface area contributed by atoms with Crippen LogP contribution in [0.2, 0.25) is 0 Å². The minimum Gasteiger partial charge on any atom is -0.494 e. The van der Waals surface area contributed by atoms with E-state index in [0.717, 1.165) is 25.2 Å². The van der Waals surface area contributed by atoms with Gasteiger partial charge in [-0.1, -0.05) is 6.07 Å². The second kappa shape index (κ2) is 5.67. The van der Waals surface area contributed by atoms with Crippen LogP contribution in [0.3, 0.4) is 0 Å². The van der Waals surface area contributed by atoms with Crippen LogP contribution in [0.15, 0.2) is 18.2 Å². The van der Waals surface area contributed by atoms with E-state index in [0.29, 0.717) is 5.75 Å². The summed E-state index contributed by atoms with van der Waals surface area (Å²) in [5.74, 6) is -0.00757. The first-order valence-corrected chi connectivity index (χ1v) is 6.28. The summed E-state index contributed by atoms with van der Waals surface area (Å²) in [6, 6.07) is 5.13. The summed E-state index contributed by atoms with van der Waals surface area (Å²) in [6.45, 7) is 6.66. The highest BCUT2D eigenvalue weighted by molar-refractivity contribution is 5.29. The Hall–Kier alpha value is -1.13. The smallest absolute Gasteiger partial charge is 0.165 e. The van der Waals surface area contributed by atoms with E-state index in [1.54, 1.807) is 12.1 Å². The maximum Gasteiger partial charge on any atom is 0.165 e. The molecule has 0 aromatic heterocycles. The molecule has 1 fully saturated rings. The van der Waals surface area contributed by atoms with Gasteiger partial charge in [-0.15, -0.1) is 0 Å². The van der Waals surface area contributed by atoms with Crippen LogP contribution in [0.5, 0.6) is 5.75 Å². The maximum absolute atomic E-state index is 13.6. The van der Waals surface area contributed by atoms with Gasteiger partial charge in [0.05, 0.1) is 19.3 Å². The Morgan fingerprint density at radius 2 is 2.00 bits per heavy atom. The fourth-order valence-electron chi connectivity index (χ4n) is 2.48. The highest BCUT2D eigenvalue weighted by atomic mass is 19.1. The van der Waals surface area contributed by atoms with Crippen molar-refractivity contribution in [2.75, 3.05) is 20.2 Å². The Kier molecular flexibility index (Phi) is 4.19. The van der Waals surface area contributed by atoms with E-state index in [4.69, 9.17) is 9.47 Å². The van der Waals surface area contributed by atoms with E-state index in [2.05, 4.69) is 18.7 Å². The summed E-state index contributed by atoms with van der Waals surface area (Å²) in [5, 5.41) is 0. The number of benzene rings is 1. The largest absolute Gasteiger partial charge is 0.494 e. The Bertz CT molecular complexity index is 401. The SMILES string of the molecule is COc1ccc(CN2C[C@H](C)O[C@@H](C)C2)cc1F. The van der Waals surface area contributed by atoms with Crippen LogP contribution < -0.4 is 4.74 Å². The van der Waals surface area contributed by atoms with Gasteiger partial charge in [0.15, 0.2) is 11.6 Å². The van der Waals surface area contributed by atoms with Gasteiger partial charge in [-0.3, -0.25) is 4.90 Å². The number of ether oxygens (including phenoxy) is 2. The van der Waals surface area contributed by atoms with Gasteiger partial charge in [-0.2, -0.15) is 0 Å². The van der Waals surface area contributed by atoms with Crippen molar-refractivity contribution < 1.29 is 13.9 Å². The molecule has 100 valence electrons. The van der Waals surface area contributed by atoms with Gasteiger partial charge in [0.2, 0.25) is 0 Å². The van der Waals surface area contributed by atoms with Gasteiger partial charge >= 0.3 is 0 Å². The molecular formula is C14H20FNO2. The molecule has 3 nitrogen and oxygen atoms in total. The van der Waals surface area contributed by atoms with Crippen LogP contribution in [0.4, 0.5) is 4.39 Å². The zero-order chi connectivity index (χ0) is 13.1. The second-order valence-electron chi connectivity index (χ2n) is 4.92. The first-order chi connectivity index (χ1) is 8.58. The number of hydrogen-bond donors (Lipinski definition) is 0. The quantitative estimate of drug-likeness (QED) is 0.826. The maximum atomic E-state index is 13.6. The average molecular weight is 253 g/mol. The van der Waals surface area contributed by atoms with E-state index in [1.807, 2.05) is 6.07 Å². The zero-order valence-corrected chi connectivity index (χ0v) is 11.1. The summed E-state index contributed by atoms with van der Waals surface area (Å²) < 4.78 is 24.2. The third-order valence-electron chi connectivity index (χ3n) is 3.12. The summed E-state index contributed by atoms with van der Waals surface area (Å²) in [6.07, 6.45) is 0.466. The first kappa shape index (κ1) is 13.3. The van der Waals surface area contributed by atoms with Gasteiger partial charge in [-0.25, -0.2) is 4.39 Å². The lowest BCUT2D eigenvalue weighted by molar-refractivity contribution is -0.0705. The number of morpholine rings is 1. The van der Waals surface area contributed by atoms with Crippen molar-refractivity contribution in [3.05, 3.63) is 29.6 Å². The molecule has 0 spiro atoms. The highest BCUT2D eigenvalue weighted by Gasteiger charge is 2.22. The molecule has 1 heterocycles. The molecule has 2 rings (SSSR count). The van der Waals surface area contributed by atoms with Gasteiger partial charge in [0, 0.05) is 19.6 Å². The van der Waals surface area contributed by atoms with Crippen LogP contribution in [-0.4, -0.2) is 37.3 Å². The predicted molar refractivity (Wildman–Crippen MR) is 68.2 cm³/mol. The molecule has 1 aliphatic rings. The zero-order valence-electron chi connectivity index (χ0n) is 11.1. The lowest BCUT2D eigenvalue weighted by Crippen LogP contribution is -2.44. The number of hydrogen-bond acceptors (Lipinski definition) is 3. The highest BCUT2D eigenvalue weighted by Crippen LogP contribution is 2.20. The van der Waals surface area contributed by atoms with Crippen molar-refractivity contribution >= 4 is 0 Å². The Labute approximate surface area is 107 Å². The van der Waals surface area contributed by atoms with Crippen molar-refractivity contribution in [3.8, 4) is 5.75 Å². The Balaban J connectivity index is 2.02. The van der Waals surface area contributed by atoms with Gasteiger partial charge in [-0.05, 0) is 31.5 Å². The third kappa shape index (κ3) is 3.21.